The van der Waals surface area contributed by atoms with Crippen molar-refractivity contribution in [2.45, 2.75) is 54.8 Å². The van der Waals surface area contributed by atoms with Crippen LogP contribution in [-0.4, -0.2) is 39.9 Å². The zero-order chi connectivity index (χ0) is 20.2. The van der Waals surface area contributed by atoms with Crippen LogP contribution in [0.15, 0.2) is 24.3 Å². The topological polar surface area (TPSA) is 49.2 Å². The van der Waals surface area contributed by atoms with Crippen LogP contribution in [0.3, 0.4) is 0 Å². The average Bonchev–Trinajstić information content (AvgIpc) is 3.33. The van der Waals surface area contributed by atoms with Crippen molar-refractivity contribution in [3.63, 3.8) is 0 Å². The number of benzene rings is 1. The second-order valence-electron chi connectivity index (χ2n) is 8.02. The molecule has 1 aliphatic carbocycles. The fourth-order valence-corrected chi connectivity index (χ4v) is 5.53. The Hall–Kier alpha value is -1.45. The number of hydrogen-bond donors (Lipinski definition) is 0. The number of para-hydroxylation sites is 1. The predicted molar refractivity (Wildman–Crippen MR) is 102 cm³/mol. The summed E-state index contributed by atoms with van der Waals surface area (Å²) in [6, 6.07) is 7.95. The number of alkyl halides is 4. The van der Waals surface area contributed by atoms with Gasteiger partial charge in [0.1, 0.15) is 10.7 Å². The van der Waals surface area contributed by atoms with Crippen LogP contribution >= 0.6 is 15.9 Å². The van der Waals surface area contributed by atoms with Gasteiger partial charge in [-0.15, -0.1) is 10.2 Å². The van der Waals surface area contributed by atoms with Gasteiger partial charge in [-0.2, -0.15) is 13.2 Å². The number of ether oxygens (including phenoxy) is 2. The molecule has 1 aromatic carbocycles. The summed E-state index contributed by atoms with van der Waals surface area (Å²) < 4.78 is 53.3. The molecule has 1 saturated carbocycles. The molecular weight excluding hydrogens is 451 g/mol. The van der Waals surface area contributed by atoms with E-state index in [0.29, 0.717) is 38.3 Å². The van der Waals surface area contributed by atoms with Gasteiger partial charge in [0.2, 0.25) is 0 Å². The molecule has 1 unspecified atom stereocenters. The summed E-state index contributed by atoms with van der Waals surface area (Å²) in [6.07, 6.45) is -2.39. The molecule has 156 valence electrons. The van der Waals surface area contributed by atoms with Crippen LogP contribution in [0.2, 0.25) is 0 Å². The van der Waals surface area contributed by atoms with E-state index in [-0.39, 0.29) is 23.6 Å². The minimum Gasteiger partial charge on any atom is -0.346 e. The lowest BCUT2D eigenvalue weighted by atomic mass is 9.81. The molecule has 0 bridgehead atoms. The van der Waals surface area contributed by atoms with Crippen molar-refractivity contribution >= 4 is 15.9 Å². The molecule has 5 nitrogen and oxygen atoms in total. The van der Waals surface area contributed by atoms with Crippen molar-refractivity contribution in [2.75, 3.05) is 13.2 Å². The van der Waals surface area contributed by atoms with Gasteiger partial charge in [-0.25, -0.2) is 0 Å². The second kappa shape index (κ2) is 7.06. The minimum atomic E-state index is -4.12. The first kappa shape index (κ1) is 19.5. The zero-order valence-corrected chi connectivity index (χ0v) is 17.2. The Morgan fingerprint density at radius 3 is 2.34 bits per heavy atom. The van der Waals surface area contributed by atoms with Gasteiger partial charge < -0.3 is 9.47 Å². The lowest BCUT2D eigenvalue weighted by Crippen LogP contribution is -2.37. The summed E-state index contributed by atoms with van der Waals surface area (Å²) in [4.78, 5) is -0.335. The van der Waals surface area contributed by atoms with Crippen molar-refractivity contribution in [2.24, 2.45) is 5.92 Å². The first-order valence-corrected chi connectivity index (χ1v) is 10.8. The summed E-state index contributed by atoms with van der Waals surface area (Å²) in [5.41, 5.74) is 1.99. The maximum Gasteiger partial charge on any atom is 0.391 e. The molecule has 1 spiro atoms. The second-order valence-corrected chi connectivity index (χ2v) is 8.93. The molecule has 2 aliphatic heterocycles. The van der Waals surface area contributed by atoms with E-state index in [1.807, 2.05) is 28.8 Å². The molecule has 0 N–H and O–H groups in total. The number of fused-ring (bicyclic) bond motifs is 3. The van der Waals surface area contributed by atoms with Gasteiger partial charge in [0.25, 0.3) is 0 Å². The molecule has 0 amide bonds. The predicted octanol–water partition coefficient (Wildman–Crippen LogP) is 4.84. The third-order valence-electron chi connectivity index (χ3n) is 6.33. The van der Waals surface area contributed by atoms with Crippen LogP contribution in [0.25, 0.3) is 5.69 Å². The summed E-state index contributed by atoms with van der Waals surface area (Å²) in [7, 11) is 0. The van der Waals surface area contributed by atoms with E-state index < -0.39 is 17.9 Å². The standard InChI is InChI=1S/C20H21BrF3N3O2/c21-16-18-26-25-17(12-5-7-14(8-6-12)20(22,23)24)27(18)15-4-2-1-3-13(15)11-19(16)28-9-10-29-19/h1-4,12,14,16H,5-11H2/t12-,14-,16?. The highest BCUT2D eigenvalue weighted by Gasteiger charge is 2.50. The van der Waals surface area contributed by atoms with Crippen molar-refractivity contribution in [1.82, 2.24) is 14.8 Å². The van der Waals surface area contributed by atoms with Crippen molar-refractivity contribution in [3.8, 4) is 5.69 Å². The van der Waals surface area contributed by atoms with E-state index in [0.717, 1.165) is 17.1 Å². The summed E-state index contributed by atoms with van der Waals surface area (Å²) in [5, 5.41) is 8.89. The first-order chi connectivity index (χ1) is 13.9. The van der Waals surface area contributed by atoms with Crippen LogP contribution in [0.5, 0.6) is 0 Å². The highest BCUT2D eigenvalue weighted by Crippen LogP contribution is 2.48. The number of rotatable bonds is 1. The van der Waals surface area contributed by atoms with E-state index in [4.69, 9.17) is 9.47 Å². The van der Waals surface area contributed by atoms with Gasteiger partial charge >= 0.3 is 6.18 Å². The van der Waals surface area contributed by atoms with E-state index in [1.54, 1.807) is 0 Å². The van der Waals surface area contributed by atoms with Crippen LogP contribution in [-0.2, 0) is 15.9 Å². The molecule has 3 heterocycles. The van der Waals surface area contributed by atoms with Crippen LogP contribution in [0, 0.1) is 5.92 Å². The molecule has 0 radical (unpaired) electrons. The summed E-state index contributed by atoms with van der Waals surface area (Å²) >= 11 is 3.73. The third-order valence-corrected chi connectivity index (χ3v) is 7.43. The Morgan fingerprint density at radius 2 is 1.66 bits per heavy atom. The molecular formula is C20H21BrF3N3O2. The Morgan fingerprint density at radius 1 is 1.00 bits per heavy atom. The van der Waals surface area contributed by atoms with Gasteiger partial charge in [-0.3, -0.25) is 4.57 Å². The van der Waals surface area contributed by atoms with Gasteiger partial charge in [-0.05, 0) is 37.3 Å². The number of nitrogens with zero attached hydrogens (tertiary/aromatic N) is 3. The van der Waals surface area contributed by atoms with Crippen LogP contribution in [0.4, 0.5) is 13.2 Å². The van der Waals surface area contributed by atoms with E-state index in [9.17, 15) is 13.2 Å². The lowest BCUT2D eigenvalue weighted by Gasteiger charge is -2.30. The zero-order valence-electron chi connectivity index (χ0n) is 15.7. The molecule has 5 rings (SSSR count). The Bertz CT molecular complexity index is 903. The quantitative estimate of drug-likeness (QED) is 0.558. The monoisotopic (exact) mass is 471 g/mol. The number of halogens is 4. The van der Waals surface area contributed by atoms with Gasteiger partial charge in [0.05, 0.1) is 24.8 Å². The smallest absolute Gasteiger partial charge is 0.346 e. The van der Waals surface area contributed by atoms with Crippen molar-refractivity contribution in [3.05, 3.63) is 41.5 Å². The number of hydrogen-bond acceptors (Lipinski definition) is 4. The molecule has 2 aromatic rings. The first-order valence-electron chi connectivity index (χ1n) is 9.91. The van der Waals surface area contributed by atoms with Crippen molar-refractivity contribution < 1.29 is 22.6 Å². The van der Waals surface area contributed by atoms with Crippen LogP contribution < -0.4 is 0 Å². The molecule has 29 heavy (non-hydrogen) atoms. The SMILES string of the molecule is FC(F)(F)[C@H]1CC[C@H](c2nnc3n2-c2ccccc2CC2(OCCO2)C3Br)CC1. The molecule has 1 atom stereocenters. The number of aromatic nitrogens is 3. The van der Waals surface area contributed by atoms with E-state index in [1.165, 1.54) is 0 Å². The van der Waals surface area contributed by atoms with Gasteiger partial charge in [-0.1, -0.05) is 34.1 Å². The summed E-state index contributed by atoms with van der Waals surface area (Å²) in [6.45, 7) is 1.01. The maximum atomic E-state index is 13.1. The average molecular weight is 472 g/mol. The molecule has 1 aromatic heterocycles. The fourth-order valence-electron chi connectivity index (χ4n) is 4.81. The largest absolute Gasteiger partial charge is 0.391 e. The van der Waals surface area contributed by atoms with E-state index >= 15 is 0 Å². The summed E-state index contributed by atoms with van der Waals surface area (Å²) in [5.74, 6) is -0.729. The molecule has 9 heteroatoms. The Kier molecular flexibility index (Phi) is 4.75. The van der Waals surface area contributed by atoms with Crippen LogP contribution in [0.1, 0.15) is 53.6 Å². The minimum absolute atomic E-state index is 0.0536. The van der Waals surface area contributed by atoms with Gasteiger partial charge in [0, 0.05) is 12.3 Å². The third kappa shape index (κ3) is 3.21. The van der Waals surface area contributed by atoms with Gasteiger partial charge in [0.15, 0.2) is 11.6 Å². The fraction of sp³-hybridized carbons (Fsp3) is 0.600. The molecule has 1 saturated heterocycles. The lowest BCUT2D eigenvalue weighted by molar-refractivity contribution is -0.182. The van der Waals surface area contributed by atoms with Crippen molar-refractivity contribution in [1.29, 1.82) is 0 Å². The molecule has 3 aliphatic rings. The Labute approximate surface area is 174 Å². The normalized spacial score (nSPS) is 28.8. The highest BCUT2D eigenvalue weighted by molar-refractivity contribution is 9.09. The maximum absolute atomic E-state index is 13.1. The van der Waals surface area contributed by atoms with E-state index in [2.05, 4.69) is 26.1 Å². The Balaban J connectivity index is 1.55. The highest BCUT2D eigenvalue weighted by atomic mass is 79.9. The molecule has 2 fully saturated rings.